The number of aliphatic carboxylic acids is 1. The predicted molar refractivity (Wildman–Crippen MR) is 105 cm³/mol. The first-order valence-electron chi connectivity index (χ1n) is 8.84. The van der Waals surface area contributed by atoms with E-state index in [1.807, 2.05) is 0 Å². The Morgan fingerprint density at radius 1 is 1.00 bits per heavy atom. The van der Waals surface area contributed by atoms with Crippen molar-refractivity contribution in [3.05, 3.63) is 53.9 Å². The molecule has 0 saturated carbocycles. The van der Waals surface area contributed by atoms with Crippen molar-refractivity contribution in [2.75, 3.05) is 10.6 Å². The Hall–Kier alpha value is -4.03. The van der Waals surface area contributed by atoms with Crippen LogP contribution in [0.5, 0.6) is 0 Å². The fourth-order valence-corrected chi connectivity index (χ4v) is 2.42. The summed E-state index contributed by atoms with van der Waals surface area (Å²) in [6.07, 6.45) is 1.49. The molecule has 1 aromatic carbocycles. The summed E-state index contributed by atoms with van der Waals surface area (Å²) in [7, 11) is 0. The van der Waals surface area contributed by atoms with Crippen molar-refractivity contribution in [1.82, 2.24) is 4.98 Å². The minimum atomic E-state index is -5.46. The first-order valence-corrected chi connectivity index (χ1v) is 8.84. The molecular weight excluding hydrogens is 438 g/mol. The number of halogens is 4. The van der Waals surface area contributed by atoms with E-state index >= 15 is 0 Å². The maximum Gasteiger partial charge on any atom is 0.396 e. The summed E-state index contributed by atoms with van der Waals surface area (Å²) in [5.41, 5.74) is 4.82. The van der Waals surface area contributed by atoms with E-state index in [0.29, 0.717) is 0 Å². The summed E-state index contributed by atoms with van der Waals surface area (Å²) in [5.74, 6) is -17.4. The zero-order chi connectivity index (χ0) is 24.1. The fraction of sp³-hybridized carbons (Fsp3) is 0.211. The molecule has 0 aliphatic heterocycles. The van der Waals surface area contributed by atoms with E-state index in [4.69, 9.17) is 16.2 Å². The molecule has 0 aliphatic carbocycles. The number of aromatic nitrogens is 1. The van der Waals surface area contributed by atoms with Crippen LogP contribution in [0.4, 0.5) is 28.9 Å². The number of carbonyl (C=O) groups is 3. The van der Waals surface area contributed by atoms with E-state index < -0.39 is 41.7 Å². The van der Waals surface area contributed by atoms with Crippen LogP contribution in [0.1, 0.15) is 17.5 Å². The lowest BCUT2D eigenvalue weighted by atomic mass is 10.1. The molecule has 32 heavy (non-hydrogen) atoms. The minimum Gasteiger partial charge on any atom is -0.481 e. The number of amides is 2. The van der Waals surface area contributed by atoms with Gasteiger partial charge in [-0.05, 0) is 42.3 Å². The third kappa shape index (κ3) is 5.36. The molecule has 0 saturated heterocycles. The highest BCUT2D eigenvalue weighted by atomic mass is 19.3. The Bertz CT molecular complexity index is 1040. The van der Waals surface area contributed by atoms with Crippen LogP contribution in [-0.4, -0.2) is 45.6 Å². The van der Waals surface area contributed by atoms with Gasteiger partial charge >= 0.3 is 29.6 Å². The third-order valence-electron chi connectivity index (χ3n) is 4.19. The van der Waals surface area contributed by atoms with Crippen molar-refractivity contribution in [3.63, 3.8) is 0 Å². The van der Waals surface area contributed by atoms with Gasteiger partial charge in [0.15, 0.2) is 0 Å². The number of hydrogen-bond acceptors (Lipinski definition) is 5. The van der Waals surface area contributed by atoms with Crippen LogP contribution in [0.2, 0.25) is 0 Å². The fourth-order valence-electron chi connectivity index (χ4n) is 2.42. The number of nitrogens with zero attached hydrogens (tertiary/aromatic N) is 1. The van der Waals surface area contributed by atoms with Crippen molar-refractivity contribution in [2.45, 2.75) is 24.7 Å². The average molecular weight is 455 g/mol. The summed E-state index contributed by atoms with van der Waals surface area (Å²) in [6.45, 7) is 0. The van der Waals surface area contributed by atoms with Crippen molar-refractivity contribution < 1.29 is 37.1 Å². The molecule has 6 N–H and O–H groups in total. The van der Waals surface area contributed by atoms with E-state index in [1.165, 1.54) is 24.4 Å². The zero-order valence-electron chi connectivity index (χ0n) is 16.2. The Kier molecular flexibility index (Phi) is 7.13. The number of carboxylic acids is 1. The molecule has 0 aliphatic rings. The number of nitrogens with one attached hydrogen (secondary N) is 3. The highest BCUT2D eigenvalue weighted by Gasteiger charge is 2.67. The summed E-state index contributed by atoms with van der Waals surface area (Å²) in [4.78, 5) is 38.1. The minimum absolute atomic E-state index is 0.0740. The van der Waals surface area contributed by atoms with Crippen LogP contribution in [0.3, 0.4) is 0 Å². The topological polar surface area (TPSA) is 158 Å². The number of alkyl halides is 4. The number of carbonyl (C=O) groups excluding carboxylic acids is 2. The van der Waals surface area contributed by atoms with Gasteiger partial charge in [0, 0.05) is 23.9 Å². The van der Waals surface area contributed by atoms with Gasteiger partial charge < -0.3 is 21.5 Å². The zero-order valence-corrected chi connectivity index (χ0v) is 16.2. The van der Waals surface area contributed by atoms with Gasteiger partial charge in [0.1, 0.15) is 5.84 Å². The van der Waals surface area contributed by atoms with Crippen molar-refractivity contribution >= 4 is 35.0 Å². The molecule has 9 nitrogen and oxygen atoms in total. The summed E-state index contributed by atoms with van der Waals surface area (Å²) in [5, 5.41) is 19.1. The molecule has 1 heterocycles. The monoisotopic (exact) mass is 455 g/mol. The predicted octanol–water partition coefficient (Wildman–Crippen LogP) is 2.23. The first kappa shape index (κ1) is 24.2. The van der Waals surface area contributed by atoms with Gasteiger partial charge in [0.2, 0.25) is 0 Å². The first-order chi connectivity index (χ1) is 14.9. The van der Waals surface area contributed by atoms with Crippen LogP contribution in [0.15, 0.2) is 42.7 Å². The molecule has 0 radical (unpaired) electrons. The van der Waals surface area contributed by atoms with E-state index in [0.717, 1.165) is 18.3 Å². The summed E-state index contributed by atoms with van der Waals surface area (Å²) < 4.78 is 57.0. The molecular formula is C19H17F4N5O4. The van der Waals surface area contributed by atoms with Crippen LogP contribution in [-0.2, 0) is 20.8 Å². The Labute approximate surface area is 178 Å². The number of nitrogen functional groups attached to an aromatic ring is 1. The molecule has 0 bridgehead atoms. The van der Waals surface area contributed by atoms with Gasteiger partial charge in [-0.2, -0.15) is 17.6 Å². The number of amidine groups is 1. The highest BCUT2D eigenvalue weighted by molar-refractivity contribution is 6.06. The van der Waals surface area contributed by atoms with E-state index in [2.05, 4.69) is 4.98 Å². The second-order valence-corrected chi connectivity index (χ2v) is 6.47. The van der Waals surface area contributed by atoms with Gasteiger partial charge in [-0.3, -0.25) is 24.8 Å². The smallest absolute Gasteiger partial charge is 0.396 e. The van der Waals surface area contributed by atoms with Gasteiger partial charge in [-0.25, -0.2) is 0 Å². The maximum absolute atomic E-state index is 14.3. The number of anilines is 2. The maximum atomic E-state index is 14.3. The van der Waals surface area contributed by atoms with E-state index in [9.17, 15) is 31.9 Å². The summed E-state index contributed by atoms with van der Waals surface area (Å²) in [6, 6.07) is 5.75. The number of hydrogen-bond donors (Lipinski definition) is 5. The van der Waals surface area contributed by atoms with Gasteiger partial charge in [0.25, 0.3) is 0 Å². The molecule has 170 valence electrons. The lowest BCUT2D eigenvalue weighted by Gasteiger charge is -2.25. The number of benzene rings is 1. The highest BCUT2D eigenvalue weighted by Crippen LogP contribution is 2.36. The average Bonchev–Trinajstić information content (AvgIpc) is 2.73. The molecule has 2 rings (SSSR count). The normalized spacial score (nSPS) is 11.5. The Balaban J connectivity index is 2.17. The van der Waals surface area contributed by atoms with Crippen molar-refractivity contribution in [2.24, 2.45) is 5.73 Å². The number of aryl methyl sites for hydroxylation is 1. The Morgan fingerprint density at radius 2 is 1.56 bits per heavy atom. The second-order valence-electron chi connectivity index (χ2n) is 6.47. The molecule has 1 aromatic heterocycles. The van der Waals surface area contributed by atoms with Gasteiger partial charge in [-0.1, -0.05) is 0 Å². The largest absolute Gasteiger partial charge is 0.481 e. The van der Waals surface area contributed by atoms with Crippen LogP contribution >= 0.6 is 0 Å². The molecule has 2 aromatic rings. The second kappa shape index (κ2) is 9.41. The molecule has 0 spiro atoms. The number of nitrogens with two attached hydrogens (primary N) is 1. The quantitative estimate of drug-likeness (QED) is 0.222. The lowest BCUT2D eigenvalue weighted by Crippen LogP contribution is -2.56. The third-order valence-corrected chi connectivity index (χ3v) is 4.19. The molecule has 2 amide bonds. The van der Waals surface area contributed by atoms with E-state index in [1.54, 1.807) is 10.6 Å². The van der Waals surface area contributed by atoms with E-state index in [-0.39, 0.29) is 29.1 Å². The van der Waals surface area contributed by atoms with Gasteiger partial charge in [-0.15, -0.1) is 0 Å². The van der Waals surface area contributed by atoms with Crippen molar-refractivity contribution in [3.8, 4) is 0 Å². The standard InChI is InChI=1S/C19H17F4N5O4/c20-18(21,16(31)27-12-4-1-11(2-5-12)15(24)25)19(22,23)17(32)28-13-9-26-8-7-10(13)3-6-14(29)30/h1-2,4-5,7-9H,3,6H2,(H3,24,25)(H,27,31)(H,28,32)(H,29,30). The summed E-state index contributed by atoms with van der Waals surface area (Å²) >= 11 is 0. The van der Waals surface area contributed by atoms with Crippen LogP contribution in [0, 0.1) is 5.41 Å². The number of rotatable bonds is 9. The Morgan fingerprint density at radius 3 is 2.09 bits per heavy atom. The van der Waals surface area contributed by atoms with Crippen molar-refractivity contribution in [1.29, 1.82) is 5.41 Å². The molecule has 13 heteroatoms. The molecule has 0 atom stereocenters. The van der Waals surface area contributed by atoms with Crippen LogP contribution in [0.25, 0.3) is 0 Å². The van der Waals surface area contributed by atoms with Crippen LogP contribution < -0.4 is 16.4 Å². The number of carboxylic acid groups (broad SMARTS) is 1. The SMILES string of the molecule is N=C(N)c1ccc(NC(=O)C(F)(F)C(F)(F)C(=O)Nc2cnccc2CCC(=O)O)cc1. The van der Waals surface area contributed by atoms with Gasteiger partial charge in [0.05, 0.1) is 11.9 Å². The lowest BCUT2D eigenvalue weighted by molar-refractivity contribution is -0.204. The molecule has 0 fully saturated rings. The number of pyridine rings is 1. The molecule has 0 unspecified atom stereocenters.